The molecule has 2 N–H and O–H groups in total. The minimum absolute atomic E-state index is 0.0720. The number of nitrogens with zero attached hydrogens (tertiary/aromatic N) is 2. The predicted molar refractivity (Wildman–Crippen MR) is 63.7 cm³/mol. The van der Waals surface area contributed by atoms with Crippen LogP contribution in [0.3, 0.4) is 0 Å². The van der Waals surface area contributed by atoms with E-state index >= 15 is 0 Å². The van der Waals surface area contributed by atoms with Gasteiger partial charge >= 0.3 is 0 Å². The smallest absolute Gasteiger partial charge is 0.145 e. The second kappa shape index (κ2) is 4.82. The molecule has 6 heteroatoms. The van der Waals surface area contributed by atoms with Crippen LogP contribution in [0, 0.1) is 0 Å². The quantitative estimate of drug-likeness (QED) is 0.887. The molecule has 4 nitrogen and oxygen atoms in total. The fourth-order valence-corrected chi connectivity index (χ4v) is 1.81. The van der Waals surface area contributed by atoms with Gasteiger partial charge < -0.3 is 5.32 Å². The zero-order valence-corrected chi connectivity index (χ0v) is 10.0. The molecule has 2 rings (SSSR count). The Kier molecular flexibility index (Phi) is 3.43. The van der Waals surface area contributed by atoms with E-state index in [4.69, 9.17) is 23.2 Å². The van der Waals surface area contributed by atoms with Crippen molar-refractivity contribution in [3.05, 3.63) is 46.0 Å². The summed E-state index contributed by atoms with van der Waals surface area (Å²) in [6, 6.07) is 5.41. The number of H-pyrrole nitrogens is 1. The van der Waals surface area contributed by atoms with Gasteiger partial charge in [0, 0.05) is 0 Å². The highest BCUT2D eigenvalue weighted by atomic mass is 35.5. The van der Waals surface area contributed by atoms with Crippen LogP contribution in [-0.4, -0.2) is 22.2 Å². The molecule has 0 saturated carbocycles. The molecular weight excluding hydrogens is 247 g/mol. The van der Waals surface area contributed by atoms with Crippen molar-refractivity contribution in [3.8, 4) is 0 Å². The monoisotopic (exact) mass is 256 g/mol. The van der Waals surface area contributed by atoms with Crippen molar-refractivity contribution in [2.24, 2.45) is 0 Å². The summed E-state index contributed by atoms with van der Waals surface area (Å²) in [4.78, 5) is 4.11. The lowest BCUT2D eigenvalue weighted by Crippen LogP contribution is -2.19. The lowest BCUT2D eigenvalue weighted by Gasteiger charge is -2.14. The Bertz CT molecular complexity index is 470. The topological polar surface area (TPSA) is 53.6 Å². The first kappa shape index (κ1) is 11.4. The van der Waals surface area contributed by atoms with Crippen LogP contribution in [0.2, 0.25) is 10.0 Å². The largest absolute Gasteiger partial charge is 0.307 e. The zero-order chi connectivity index (χ0) is 11.5. The SMILES string of the molecule is CNC(c1ccc(Cl)c(Cl)c1)c1ncn[nH]1. The van der Waals surface area contributed by atoms with Gasteiger partial charge in [-0.05, 0) is 24.7 Å². The van der Waals surface area contributed by atoms with Crippen LogP contribution in [0.5, 0.6) is 0 Å². The summed E-state index contributed by atoms with van der Waals surface area (Å²) in [5.41, 5.74) is 0.980. The van der Waals surface area contributed by atoms with Crippen LogP contribution in [-0.2, 0) is 0 Å². The average molecular weight is 257 g/mol. The van der Waals surface area contributed by atoms with Crippen molar-refractivity contribution in [2.45, 2.75) is 6.04 Å². The van der Waals surface area contributed by atoms with E-state index < -0.39 is 0 Å². The molecule has 1 atom stereocenters. The number of hydrogen-bond acceptors (Lipinski definition) is 3. The summed E-state index contributed by atoms with van der Waals surface area (Å²) in [7, 11) is 1.84. The molecule has 0 fully saturated rings. The Labute approximate surface area is 103 Å². The molecule has 0 spiro atoms. The van der Waals surface area contributed by atoms with Crippen molar-refractivity contribution >= 4 is 23.2 Å². The number of benzene rings is 1. The van der Waals surface area contributed by atoms with E-state index in [2.05, 4.69) is 20.5 Å². The Morgan fingerprint density at radius 1 is 1.31 bits per heavy atom. The molecule has 0 radical (unpaired) electrons. The first-order chi connectivity index (χ1) is 7.72. The maximum absolute atomic E-state index is 5.97. The van der Waals surface area contributed by atoms with Crippen molar-refractivity contribution < 1.29 is 0 Å². The first-order valence-corrected chi connectivity index (χ1v) is 5.45. The van der Waals surface area contributed by atoms with Gasteiger partial charge in [-0.3, -0.25) is 5.10 Å². The minimum atomic E-state index is -0.0720. The van der Waals surface area contributed by atoms with E-state index in [9.17, 15) is 0 Å². The van der Waals surface area contributed by atoms with Gasteiger partial charge in [0.15, 0.2) is 0 Å². The summed E-state index contributed by atoms with van der Waals surface area (Å²) >= 11 is 11.8. The molecule has 1 aromatic heterocycles. The molecule has 1 heterocycles. The molecule has 0 aliphatic heterocycles. The maximum atomic E-state index is 5.97. The molecule has 1 unspecified atom stereocenters. The maximum Gasteiger partial charge on any atom is 0.145 e. The Balaban J connectivity index is 2.37. The summed E-state index contributed by atoms with van der Waals surface area (Å²) in [5, 5.41) is 10.8. The highest BCUT2D eigenvalue weighted by molar-refractivity contribution is 6.42. The van der Waals surface area contributed by atoms with Gasteiger partial charge in [0.1, 0.15) is 12.2 Å². The van der Waals surface area contributed by atoms with Crippen molar-refractivity contribution in [2.75, 3.05) is 7.05 Å². The number of rotatable bonds is 3. The molecule has 0 aliphatic carbocycles. The molecule has 0 aliphatic rings. The van der Waals surface area contributed by atoms with Gasteiger partial charge in [-0.1, -0.05) is 29.3 Å². The second-order valence-corrected chi connectivity index (χ2v) is 4.08. The third-order valence-electron chi connectivity index (χ3n) is 2.27. The van der Waals surface area contributed by atoms with Gasteiger partial charge in [-0.15, -0.1) is 0 Å². The molecule has 0 bridgehead atoms. The van der Waals surface area contributed by atoms with Crippen LogP contribution in [0.15, 0.2) is 24.5 Å². The number of aromatic nitrogens is 3. The highest BCUT2D eigenvalue weighted by Crippen LogP contribution is 2.27. The normalized spacial score (nSPS) is 12.7. The third kappa shape index (κ3) is 2.19. The zero-order valence-electron chi connectivity index (χ0n) is 8.54. The molecular formula is C10H10Cl2N4. The molecule has 1 aromatic carbocycles. The van der Waals surface area contributed by atoms with Crippen LogP contribution in [0.25, 0.3) is 0 Å². The van der Waals surface area contributed by atoms with Gasteiger partial charge in [-0.25, -0.2) is 4.98 Å². The van der Waals surface area contributed by atoms with Gasteiger partial charge in [0.05, 0.1) is 16.1 Å². The lowest BCUT2D eigenvalue weighted by molar-refractivity contribution is 0.650. The molecule has 84 valence electrons. The van der Waals surface area contributed by atoms with E-state index in [-0.39, 0.29) is 6.04 Å². The predicted octanol–water partition coefficient (Wildman–Crippen LogP) is 2.42. The number of halogens is 2. The van der Waals surface area contributed by atoms with E-state index in [0.717, 1.165) is 11.4 Å². The number of nitrogens with one attached hydrogen (secondary N) is 2. The average Bonchev–Trinajstić information content (AvgIpc) is 2.78. The highest BCUT2D eigenvalue weighted by Gasteiger charge is 2.15. The Morgan fingerprint density at radius 3 is 2.69 bits per heavy atom. The van der Waals surface area contributed by atoms with E-state index in [1.54, 1.807) is 6.07 Å². The van der Waals surface area contributed by atoms with Crippen molar-refractivity contribution in [1.29, 1.82) is 0 Å². The summed E-state index contributed by atoms with van der Waals surface area (Å²) in [6.07, 6.45) is 1.47. The standard InChI is InChI=1S/C10H10Cl2N4/c1-13-9(10-14-5-15-16-10)6-2-3-7(11)8(12)4-6/h2-5,9,13H,1H3,(H,14,15,16). The molecule has 0 saturated heterocycles. The number of aromatic amines is 1. The van der Waals surface area contributed by atoms with Crippen LogP contribution in [0.4, 0.5) is 0 Å². The Morgan fingerprint density at radius 2 is 2.12 bits per heavy atom. The minimum Gasteiger partial charge on any atom is -0.307 e. The number of hydrogen-bond donors (Lipinski definition) is 2. The van der Waals surface area contributed by atoms with E-state index in [0.29, 0.717) is 10.0 Å². The van der Waals surface area contributed by atoms with E-state index in [1.165, 1.54) is 6.33 Å². The van der Waals surface area contributed by atoms with Gasteiger partial charge in [0.25, 0.3) is 0 Å². The van der Waals surface area contributed by atoms with Crippen LogP contribution < -0.4 is 5.32 Å². The molecule has 16 heavy (non-hydrogen) atoms. The van der Waals surface area contributed by atoms with E-state index in [1.807, 2.05) is 19.2 Å². The van der Waals surface area contributed by atoms with Crippen molar-refractivity contribution in [1.82, 2.24) is 20.5 Å². The fourth-order valence-electron chi connectivity index (χ4n) is 1.51. The fraction of sp³-hybridized carbons (Fsp3) is 0.200. The lowest BCUT2D eigenvalue weighted by atomic mass is 10.1. The summed E-state index contributed by atoms with van der Waals surface area (Å²) < 4.78 is 0. The Hall–Kier alpha value is -1.10. The second-order valence-electron chi connectivity index (χ2n) is 3.27. The molecule has 2 aromatic rings. The van der Waals surface area contributed by atoms with Crippen molar-refractivity contribution in [3.63, 3.8) is 0 Å². The van der Waals surface area contributed by atoms with Crippen LogP contribution in [0.1, 0.15) is 17.4 Å². The van der Waals surface area contributed by atoms with Crippen LogP contribution >= 0.6 is 23.2 Å². The van der Waals surface area contributed by atoms with Gasteiger partial charge in [0.2, 0.25) is 0 Å². The summed E-state index contributed by atoms with van der Waals surface area (Å²) in [6.45, 7) is 0. The third-order valence-corrected chi connectivity index (χ3v) is 3.01. The summed E-state index contributed by atoms with van der Waals surface area (Å²) in [5.74, 6) is 0.737. The molecule has 0 amide bonds. The van der Waals surface area contributed by atoms with Gasteiger partial charge in [-0.2, -0.15) is 5.10 Å². The first-order valence-electron chi connectivity index (χ1n) is 4.70.